The number of fused-ring (bicyclic) bond motifs is 1. The second-order valence-corrected chi connectivity index (χ2v) is 9.30. The summed E-state index contributed by atoms with van der Waals surface area (Å²) in [5.41, 5.74) is 2.86. The van der Waals surface area contributed by atoms with Gasteiger partial charge in [-0.1, -0.05) is 11.6 Å². The van der Waals surface area contributed by atoms with E-state index in [4.69, 9.17) is 9.26 Å². The van der Waals surface area contributed by atoms with E-state index in [0.29, 0.717) is 29.0 Å². The molecule has 0 saturated heterocycles. The first-order valence-electron chi connectivity index (χ1n) is 9.74. The highest BCUT2D eigenvalue weighted by molar-refractivity contribution is 7.89. The van der Waals surface area contributed by atoms with Gasteiger partial charge in [0, 0.05) is 30.3 Å². The van der Waals surface area contributed by atoms with Crippen LogP contribution in [-0.4, -0.2) is 38.3 Å². The van der Waals surface area contributed by atoms with Gasteiger partial charge in [0.1, 0.15) is 5.76 Å². The van der Waals surface area contributed by atoms with Gasteiger partial charge in [0.05, 0.1) is 22.7 Å². The van der Waals surface area contributed by atoms with E-state index < -0.39 is 10.0 Å². The van der Waals surface area contributed by atoms with Crippen LogP contribution in [0, 0.1) is 19.8 Å². The van der Waals surface area contributed by atoms with Gasteiger partial charge in [-0.3, -0.25) is 4.98 Å². The number of sulfonamides is 1. The molecule has 2 aromatic heterocycles. The average molecular weight is 416 g/mol. The molecule has 2 unspecified atom stereocenters. The molecule has 1 saturated carbocycles. The number of aryl methyl sites for hydroxylation is 2. The van der Waals surface area contributed by atoms with Crippen molar-refractivity contribution in [1.82, 2.24) is 14.9 Å². The van der Waals surface area contributed by atoms with Gasteiger partial charge in [-0.05, 0) is 62.4 Å². The van der Waals surface area contributed by atoms with Crippen molar-refractivity contribution < 1.29 is 17.7 Å². The predicted octanol–water partition coefficient (Wildman–Crippen LogP) is 3.60. The number of hydrogen-bond donors (Lipinski definition) is 1. The molecule has 1 aliphatic rings. The number of hydrogen-bond acceptors (Lipinski definition) is 6. The minimum atomic E-state index is -3.76. The summed E-state index contributed by atoms with van der Waals surface area (Å²) in [7, 11) is -2.11. The molecule has 4 rings (SSSR count). The SMILES string of the molecule is COCC1CCCC1NS(=O)(=O)c1cc(-c2c(C)noc2C)cc2ncccc12. The lowest BCUT2D eigenvalue weighted by atomic mass is 10.0. The second-order valence-electron chi connectivity index (χ2n) is 7.62. The molecule has 1 fully saturated rings. The zero-order chi connectivity index (χ0) is 20.6. The van der Waals surface area contributed by atoms with Crippen molar-refractivity contribution in [3.05, 3.63) is 41.9 Å². The lowest BCUT2D eigenvalue weighted by molar-refractivity contribution is 0.145. The summed E-state index contributed by atoms with van der Waals surface area (Å²) in [6.07, 6.45) is 4.42. The number of ether oxygens (including phenoxy) is 1. The molecule has 154 valence electrons. The number of benzene rings is 1. The maximum absolute atomic E-state index is 13.4. The first kappa shape index (κ1) is 20.0. The lowest BCUT2D eigenvalue weighted by Crippen LogP contribution is -2.38. The summed E-state index contributed by atoms with van der Waals surface area (Å²) >= 11 is 0. The molecule has 29 heavy (non-hydrogen) atoms. The first-order valence-corrected chi connectivity index (χ1v) is 11.2. The molecule has 1 aliphatic carbocycles. The van der Waals surface area contributed by atoms with Crippen molar-refractivity contribution >= 4 is 20.9 Å². The highest BCUT2D eigenvalue weighted by Gasteiger charge is 2.32. The molecule has 8 heteroatoms. The fraction of sp³-hybridized carbons (Fsp3) is 0.429. The summed E-state index contributed by atoms with van der Waals surface area (Å²) < 4.78 is 40.3. The Hall–Kier alpha value is -2.29. The van der Waals surface area contributed by atoms with Gasteiger partial charge in [0.2, 0.25) is 10.0 Å². The van der Waals surface area contributed by atoms with Gasteiger partial charge in [-0.2, -0.15) is 0 Å². The van der Waals surface area contributed by atoms with Crippen LogP contribution in [0.15, 0.2) is 39.9 Å². The minimum Gasteiger partial charge on any atom is -0.384 e. The van der Waals surface area contributed by atoms with Crippen molar-refractivity contribution in [3.63, 3.8) is 0 Å². The van der Waals surface area contributed by atoms with Crippen LogP contribution in [-0.2, 0) is 14.8 Å². The molecule has 3 aromatic rings. The Morgan fingerprint density at radius 2 is 2.10 bits per heavy atom. The van der Waals surface area contributed by atoms with Crippen LogP contribution in [0.2, 0.25) is 0 Å². The van der Waals surface area contributed by atoms with Crippen LogP contribution in [0.5, 0.6) is 0 Å². The zero-order valence-corrected chi connectivity index (χ0v) is 17.6. The lowest BCUT2D eigenvalue weighted by Gasteiger charge is -2.21. The molecule has 0 amide bonds. The molecule has 0 radical (unpaired) electrons. The Bertz CT molecular complexity index is 1120. The highest BCUT2D eigenvalue weighted by Crippen LogP contribution is 2.34. The Balaban J connectivity index is 1.82. The van der Waals surface area contributed by atoms with Crippen LogP contribution < -0.4 is 4.72 Å². The van der Waals surface area contributed by atoms with Crippen molar-refractivity contribution in [1.29, 1.82) is 0 Å². The Morgan fingerprint density at radius 1 is 1.28 bits per heavy atom. The monoisotopic (exact) mass is 415 g/mol. The quantitative estimate of drug-likeness (QED) is 0.661. The molecule has 0 bridgehead atoms. The van der Waals surface area contributed by atoms with Gasteiger partial charge in [-0.25, -0.2) is 13.1 Å². The fourth-order valence-corrected chi connectivity index (χ4v) is 5.86. The van der Waals surface area contributed by atoms with E-state index in [2.05, 4.69) is 14.9 Å². The maximum atomic E-state index is 13.4. The molecular weight excluding hydrogens is 390 g/mol. The van der Waals surface area contributed by atoms with Crippen LogP contribution in [0.4, 0.5) is 0 Å². The molecule has 7 nitrogen and oxygen atoms in total. The summed E-state index contributed by atoms with van der Waals surface area (Å²) in [6.45, 7) is 4.21. The number of aromatic nitrogens is 2. The van der Waals surface area contributed by atoms with E-state index in [-0.39, 0.29) is 16.9 Å². The number of rotatable bonds is 6. The third kappa shape index (κ3) is 3.80. The standard InChI is InChI=1S/C21H25N3O4S/c1-13-21(14(2)28-23-13)16-10-19-17(7-5-9-22-19)20(11-16)29(25,26)24-18-8-4-6-15(18)12-27-3/h5,7,9-11,15,18,24H,4,6,8,12H2,1-3H3. The summed E-state index contributed by atoms with van der Waals surface area (Å²) in [5, 5.41) is 4.60. The van der Waals surface area contributed by atoms with E-state index in [0.717, 1.165) is 30.4 Å². The Kier molecular flexibility index (Phi) is 5.42. The van der Waals surface area contributed by atoms with Crippen LogP contribution in [0.3, 0.4) is 0 Å². The highest BCUT2D eigenvalue weighted by atomic mass is 32.2. The van der Waals surface area contributed by atoms with Crippen molar-refractivity contribution in [2.45, 2.75) is 44.0 Å². The Morgan fingerprint density at radius 3 is 2.83 bits per heavy atom. The third-order valence-electron chi connectivity index (χ3n) is 5.64. The van der Waals surface area contributed by atoms with E-state index in [1.165, 1.54) is 0 Å². The normalized spacial score (nSPS) is 19.8. The van der Waals surface area contributed by atoms with Crippen LogP contribution in [0.1, 0.15) is 30.7 Å². The first-order chi connectivity index (χ1) is 13.9. The van der Waals surface area contributed by atoms with Gasteiger partial charge in [0.15, 0.2) is 0 Å². The predicted molar refractivity (Wildman–Crippen MR) is 110 cm³/mol. The molecule has 1 aromatic carbocycles. The molecule has 0 aliphatic heterocycles. The van der Waals surface area contributed by atoms with Gasteiger partial charge < -0.3 is 9.26 Å². The number of nitrogens with zero attached hydrogens (tertiary/aromatic N) is 2. The van der Waals surface area contributed by atoms with Crippen LogP contribution >= 0.6 is 0 Å². The molecular formula is C21H25N3O4S. The van der Waals surface area contributed by atoms with Crippen molar-refractivity contribution in [2.24, 2.45) is 5.92 Å². The minimum absolute atomic E-state index is 0.130. The van der Waals surface area contributed by atoms with Gasteiger partial charge >= 0.3 is 0 Å². The van der Waals surface area contributed by atoms with Crippen LogP contribution in [0.25, 0.3) is 22.0 Å². The second kappa shape index (κ2) is 7.85. The maximum Gasteiger partial charge on any atom is 0.241 e. The smallest absolute Gasteiger partial charge is 0.241 e. The molecule has 0 spiro atoms. The Labute approximate surface area is 170 Å². The summed E-state index contributed by atoms with van der Waals surface area (Å²) in [5.74, 6) is 0.829. The number of methoxy groups -OCH3 is 1. The van der Waals surface area contributed by atoms with E-state index in [9.17, 15) is 8.42 Å². The van der Waals surface area contributed by atoms with Gasteiger partial charge in [-0.15, -0.1) is 0 Å². The van der Waals surface area contributed by atoms with E-state index in [1.807, 2.05) is 19.9 Å². The number of pyridine rings is 1. The topological polar surface area (TPSA) is 94.3 Å². The number of nitrogens with one attached hydrogen (secondary N) is 1. The van der Waals surface area contributed by atoms with Gasteiger partial charge in [0.25, 0.3) is 0 Å². The molecule has 1 N–H and O–H groups in total. The summed E-state index contributed by atoms with van der Waals surface area (Å²) in [6, 6.07) is 6.98. The van der Waals surface area contributed by atoms with E-state index in [1.54, 1.807) is 31.5 Å². The molecule has 2 atom stereocenters. The average Bonchev–Trinajstić information content (AvgIpc) is 3.26. The van der Waals surface area contributed by atoms with Crippen molar-refractivity contribution in [2.75, 3.05) is 13.7 Å². The third-order valence-corrected chi connectivity index (χ3v) is 7.17. The van der Waals surface area contributed by atoms with Crippen molar-refractivity contribution in [3.8, 4) is 11.1 Å². The molecule has 2 heterocycles. The van der Waals surface area contributed by atoms with E-state index >= 15 is 0 Å². The zero-order valence-electron chi connectivity index (χ0n) is 16.8. The largest absolute Gasteiger partial charge is 0.384 e. The fourth-order valence-electron chi connectivity index (χ4n) is 4.28. The summed E-state index contributed by atoms with van der Waals surface area (Å²) in [4.78, 5) is 4.62.